The summed E-state index contributed by atoms with van der Waals surface area (Å²) in [4.78, 5) is 16.0. The maximum Gasteiger partial charge on any atom is 0.176 e. The van der Waals surface area contributed by atoms with E-state index in [-0.39, 0.29) is 5.78 Å². The lowest BCUT2D eigenvalue weighted by Crippen LogP contribution is -2.33. The third kappa shape index (κ3) is 4.64. The quantitative estimate of drug-likeness (QED) is 0.531. The Morgan fingerprint density at radius 3 is 2.45 bits per heavy atom. The molecule has 110 valence electrons. The molecule has 0 N–H and O–H groups in total. The Morgan fingerprint density at radius 1 is 1.30 bits per heavy atom. The third-order valence-corrected chi connectivity index (χ3v) is 4.56. The molecule has 2 nitrogen and oxygen atoms in total. The van der Waals surface area contributed by atoms with Gasteiger partial charge in [-0.05, 0) is 50.1 Å². The van der Waals surface area contributed by atoms with Crippen molar-refractivity contribution in [1.29, 1.82) is 0 Å². The number of rotatable bonds is 8. The number of thioether (sulfide) groups is 1. The summed E-state index contributed by atoms with van der Waals surface area (Å²) in [6, 6.07) is 8.65. The first-order valence-corrected chi connectivity index (χ1v) is 8.74. The van der Waals surface area contributed by atoms with Crippen LogP contribution in [-0.2, 0) is 0 Å². The maximum absolute atomic E-state index is 12.4. The van der Waals surface area contributed by atoms with Gasteiger partial charge in [0.2, 0.25) is 0 Å². The molecule has 0 spiro atoms. The van der Waals surface area contributed by atoms with Gasteiger partial charge in [-0.15, -0.1) is 11.8 Å². The van der Waals surface area contributed by atoms with Crippen LogP contribution in [0.3, 0.4) is 0 Å². The van der Waals surface area contributed by atoms with E-state index in [1.54, 1.807) is 11.8 Å². The van der Waals surface area contributed by atoms with E-state index in [1.165, 1.54) is 24.2 Å². The van der Waals surface area contributed by atoms with Crippen LogP contribution >= 0.6 is 11.8 Å². The normalized spacial score (nSPS) is 15.1. The summed E-state index contributed by atoms with van der Waals surface area (Å²) >= 11 is 1.71. The molecule has 1 aromatic rings. The van der Waals surface area contributed by atoms with E-state index in [2.05, 4.69) is 25.0 Å². The molecular formula is C17H25NOS. The molecule has 0 aromatic heterocycles. The predicted octanol–water partition coefficient (Wildman–Crippen LogP) is 4.10. The minimum atomic E-state index is 0.258. The number of benzene rings is 1. The molecule has 0 radical (unpaired) electrons. The van der Waals surface area contributed by atoms with Gasteiger partial charge < -0.3 is 0 Å². The van der Waals surface area contributed by atoms with Crippen molar-refractivity contribution < 1.29 is 4.79 Å². The fraction of sp³-hybridized carbons (Fsp3) is 0.588. The monoisotopic (exact) mass is 291 g/mol. The van der Waals surface area contributed by atoms with Crippen LogP contribution < -0.4 is 0 Å². The summed E-state index contributed by atoms with van der Waals surface area (Å²) < 4.78 is 0. The molecule has 1 aliphatic rings. The number of hydrogen-bond acceptors (Lipinski definition) is 3. The largest absolute Gasteiger partial charge is 0.293 e. The molecular weight excluding hydrogens is 266 g/mol. The third-order valence-electron chi connectivity index (χ3n) is 3.82. The van der Waals surface area contributed by atoms with Gasteiger partial charge >= 0.3 is 0 Å². The minimum Gasteiger partial charge on any atom is -0.293 e. The van der Waals surface area contributed by atoms with E-state index in [0.29, 0.717) is 18.5 Å². The van der Waals surface area contributed by atoms with E-state index in [4.69, 9.17) is 0 Å². The molecule has 1 aliphatic carbocycles. The van der Waals surface area contributed by atoms with Crippen LogP contribution in [0.25, 0.3) is 0 Å². The first-order chi connectivity index (χ1) is 9.60. The Labute approximate surface area is 126 Å². The molecule has 0 bridgehead atoms. The fourth-order valence-electron chi connectivity index (χ4n) is 2.31. The van der Waals surface area contributed by atoms with Crippen molar-refractivity contribution in [2.45, 2.75) is 44.0 Å². The Kier molecular flexibility index (Phi) is 5.67. The first kappa shape index (κ1) is 15.6. The van der Waals surface area contributed by atoms with Crippen LogP contribution in [0.15, 0.2) is 29.2 Å². The number of nitrogens with zero attached hydrogens (tertiary/aromatic N) is 1. The van der Waals surface area contributed by atoms with Crippen molar-refractivity contribution in [3.63, 3.8) is 0 Å². The number of carbonyl (C=O) groups is 1. The number of Topliss-reactive ketones (excluding diaryl/α,β-unsaturated/α-hetero) is 1. The molecule has 0 heterocycles. The van der Waals surface area contributed by atoms with E-state index in [1.807, 2.05) is 24.3 Å². The molecule has 20 heavy (non-hydrogen) atoms. The summed E-state index contributed by atoms with van der Waals surface area (Å²) in [5.74, 6) is 0.959. The first-order valence-electron chi connectivity index (χ1n) is 7.51. The zero-order valence-corrected chi connectivity index (χ0v) is 13.6. The van der Waals surface area contributed by atoms with Crippen LogP contribution in [0.4, 0.5) is 0 Å². The van der Waals surface area contributed by atoms with Gasteiger partial charge in [0.1, 0.15) is 0 Å². The Bertz CT molecular complexity index is 437. The highest BCUT2D eigenvalue weighted by Crippen LogP contribution is 2.27. The fourth-order valence-corrected chi connectivity index (χ4v) is 2.72. The van der Waals surface area contributed by atoms with Gasteiger partial charge in [-0.1, -0.05) is 26.0 Å². The summed E-state index contributed by atoms with van der Waals surface area (Å²) in [6.07, 6.45) is 5.75. The van der Waals surface area contributed by atoms with Gasteiger partial charge in [-0.2, -0.15) is 0 Å². The van der Waals surface area contributed by atoms with E-state index in [0.717, 1.165) is 12.1 Å². The Hall–Kier alpha value is -0.800. The van der Waals surface area contributed by atoms with E-state index < -0.39 is 0 Å². The molecule has 3 heteroatoms. The second kappa shape index (κ2) is 7.28. The van der Waals surface area contributed by atoms with Crippen LogP contribution in [-0.4, -0.2) is 36.1 Å². The van der Waals surface area contributed by atoms with Gasteiger partial charge in [0.25, 0.3) is 0 Å². The van der Waals surface area contributed by atoms with E-state index >= 15 is 0 Å². The van der Waals surface area contributed by atoms with Gasteiger partial charge in [-0.25, -0.2) is 0 Å². The highest BCUT2D eigenvalue weighted by Gasteiger charge is 2.30. The van der Waals surface area contributed by atoms with Gasteiger partial charge in [-0.3, -0.25) is 9.69 Å². The minimum absolute atomic E-state index is 0.258. The molecule has 1 saturated carbocycles. The Morgan fingerprint density at radius 2 is 1.95 bits per heavy atom. The molecule has 0 atom stereocenters. The standard InChI is InChI=1S/C17H25NOS/c1-13(2)10-11-18(15-6-7-15)12-17(19)14-4-8-16(20-3)9-5-14/h4-5,8-9,13,15H,6-7,10-12H2,1-3H3. The van der Waals surface area contributed by atoms with Gasteiger partial charge in [0, 0.05) is 16.5 Å². The second-order valence-electron chi connectivity index (χ2n) is 6.04. The number of carbonyl (C=O) groups excluding carboxylic acids is 1. The second-order valence-corrected chi connectivity index (χ2v) is 6.92. The number of ketones is 1. The maximum atomic E-state index is 12.4. The Balaban J connectivity index is 1.93. The van der Waals surface area contributed by atoms with Crippen molar-refractivity contribution in [3.05, 3.63) is 29.8 Å². The van der Waals surface area contributed by atoms with E-state index in [9.17, 15) is 4.79 Å². The van der Waals surface area contributed by atoms with Crippen molar-refractivity contribution >= 4 is 17.5 Å². The lowest BCUT2D eigenvalue weighted by Gasteiger charge is -2.22. The molecule has 1 aromatic carbocycles. The van der Waals surface area contributed by atoms with Crippen molar-refractivity contribution in [1.82, 2.24) is 4.90 Å². The molecule has 0 aliphatic heterocycles. The summed E-state index contributed by atoms with van der Waals surface area (Å²) in [5.41, 5.74) is 0.845. The van der Waals surface area contributed by atoms with Crippen molar-refractivity contribution in [2.75, 3.05) is 19.3 Å². The van der Waals surface area contributed by atoms with Crippen LogP contribution in [0.5, 0.6) is 0 Å². The highest BCUT2D eigenvalue weighted by atomic mass is 32.2. The SMILES string of the molecule is CSc1ccc(C(=O)CN(CCC(C)C)C2CC2)cc1. The number of hydrogen-bond donors (Lipinski definition) is 0. The van der Waals surface area contributed by atoms with Crippen LogP contribution in [0, 0.1) is 5.92 Å². The summed E-state index contributed by atoms with van der Waals surface area (Å²) in [5, 5.41) is 0. The van der Waals surface area contributed by atoms with Crippen LogP contribution in [0.1, 0.15) is 43.5 Å². The topological polar surface area (TPSA) is 20.3 Å². The van der Waals surface area contributed by atoms with Crippen molar-refractivity contribution in [3.8, 4) is 0 Å². The zero-order valence-electron chi connectivity index (χ0n) is 12.8. The average molecular weight is 291 g/mol. The molecule has 1 fully saturated rings. The summed E-state index contributed by atoms with van der Waals surface area (Å²) in [6.45, 7) is 6.12. The predicted molar refractivity (Wildman–Crippen MR) is 86.6 cm³/mol. The average Bonchev–Trinajstić information content (AvgIpc) is 3.27. The van der Waals surface area contributed by atoms with Crippen molar-refractivity contribution in [2.24, 2.45) is 5.92 Å². The lowest BCUT2D eigenvalue weighted by atomic mass is 10.1. The molecule has 2 rings (SSSR count). The smallest absolute Gasteiger partial charge is 0.176 e. The lowest BCUT2D eigenvalue weighted by molar-refractivity contribution is 0.0920. The van der Waals surface area contributed by atoms with Crippen LogP contribution in [0.2, 0.25) is 0 Å². The molecule has 0 saturated heterocycles. The molecule has 0 amide bonds. The van der Waals surface area contributed by atoms with Gasteiger partial charge in [0.05, 0.1) is 6.54 Å². The molecule has 0 unspecified atom stereocenters. The summed E-state index contributed by atoms with van der Waals surface area (Å²) in [7, 11) is 0. The zero-order chi connectivity index (χ0) is 14.5. The van der Waals surface area contributed by atoms with Gasteiger partial charge in [0.15, 0.2) is 5.78 Å². The highest BCUT2D eigenvalue weighted by molar-refractivity contribution is 7.98.